The standard InChI is InChI=1S/C13H23N5/c1-9-7-16-13(14-3)17-12(9)15-8-10(2)18(4)11-5-6-11/h7,10-11H,5-6,8H2,1-4H3,(H2,14,15,16,17). The van der Waals surface area contributed by atoms with Crippen LogP contribution in [-0.2, 0) is 0 Å². The molecule has 1 aromatic heterocycles. The van der Waals surface area contributed by atoms with Crippen LogP contribution in [0.2, 0.25) is 0 Å². The van der Waals surface area contributed by atoms with E-state index in [0.717, 1.165) is 24.0 Å². The van der Waals surface area contributed by atoms with Gasteiger partial charge in [0.2, 0.25) is 5.95 Å². The van der Waals surface area contributed by atoms with Gasteiger partial charge in [0, 0.05) is 37.4 Å². The van der Waals surface area contributed by atoms with Crippen LogP contribution in [0.25, 0.3) is 0 Å². The number of hydrogen-bond donors (Lipinski definition) is 2. The Kier molecular flexibility index (Phi) is 4.01. The van der Waals surface area contributed by atoms with Crippen molar-refractivity contribution in [2.75, 3.05) is 31.3 Å². The molecular weight excluding hydrogens is 226 g/mol. The molecule has 0 bridgehead atoms. The van der Waals surface area contributed by atoms with E-state index in [1.807, 2.05) is 20.2 Å². The molecule has 0 spiro atoms. The zero-order valence-corrected chi connectivity index (χ0v) is 11.7. The first kappa shape index (κ1) is 13.1. The van der Waals surface area contributed by atoms with Crippen molar-refractivity contribution in [1.29, 1.82) is 0 Å². The molecule has 5 nitrogen and oxygen atoms in total. The van der Waals surface area contributed by atoms with E-state index in [1.54, 1.807) is 0 Å². The first-order chi connectivity index (χ1) is 8.61. The van der Waals surface area contributed by atoms with Crippen LogP contribution in [0.1, 0.15) is 25.3 Å². The minimum absolute atomic E-state index is 0.518. The van der Waals surface area contributed by atoms with Gasteiger partial charge < -0.3 is 10.6 Å². The van der Waals surface area contributed by atoms with Crippen LogP contribution in [0, 0.1) is 6.92 Å². The van der Waals surface area contributed by atoms with Gasteiger partial charge in [-0.15, -0.1) is 0 Å². The summed E-state index contributed by atoms with van der Waals surface area (Å²) in [6.45, 7) is 5.19. The molecule has 1 unspecified atom stereocenters. The average molecular weight is 249 g/mol. The molecule has 0 saturated heterocycles. The van der Waals surface area contributed by atoms with E-state index in [0.29, 0.717) is 12.0 Å². The second kappa shape index (κ2) is 5.52. The largest absolute Gasteiger partial charge is 0.368 e. The number of aromatic nitrogens is 2. The van der Waals surface area contributed by atoms with Crippen LogP contribution in [-0.4, -0.2) is 47.6 Å². The molecule has 1 atom stereocenters. The summed E-state index contributed by atoms with van der Waals surface area (Å²) in [6, 6.07) is 1.31. The summed E-state index contributed by atoms with van der Waals surface area (Å²) in [6.07, 6.45) is 4.53. The Bertz CT molecular complexity index is 402. The molecule has 1 heterocycles. The minimum atomic E-state index is 0.518. The van der Waals surface area contributed by atoms with Crippen molar-refractivity contribution in [3.05, 3.63) is 11.8 Å². The maximum Gasteiger partial charge on any atom is 0.224 e. The van der Waals surface area contributed by atoms with Crippen LogP contribution >= 0.6 is 0 Å². The van der Waals surface area contributed by atoms with Crippen molar-refractivity contribution < 1.29 is 0 Å². The van der Waals surface area contributed by atoms with E-state index >= 15 is 0 Å². The van der Waals surface area contributed by atoms with Gasteiger partial charge in [-0.25, -0.2) is 4.98 Å². The molecule has 2 rings (SSSR count). The van der Waals surface area contributed by atoms with Crippen LogP contribution in [0.5, 0.6) is 0 Å². The highest BCUT2D eigenvalue weighted by atomic mass is 15.2. The van der Waals surface area contributed by atoms with E-state index < -0.39 is 0 Å². The van der Waals surface area contributed by atoms with E-state index in [-0.39, 0.29) is 0 Å². The Morgan fingerprint density at radius 3 is 2.83 bits per heavy atom. The highest BCUT2D eigenvalue weighted by Gasteiger charge is 2.28. The summed E-state index contributed by atoms with van der Waals surface area (Å²) >= 11 is 0. The lowest BCUT2D eigenvalue weighted by atomic mass is 10.2. The van der Waals surface area contributed by atoms with Crippen LogP contribution < -0.4 is 10.6 Å². The summed E-state index contributed by atoms with van der Waals surface area (Å²) in [5.41, 5.74) is 1.08. The third-order valence-electron chi connectivity index (χ3n) is 3.58. The van der Waals surface area contributed by atoms with Gasteiger partial charge in [-0.3, -0.25) is 4.90 Å². The molecule has 1 aliphatic carbocycles. The van der Waals surface area contributed by atoms with Gasteiger partial charge in [-0.05, 0) is 33.7 Å². The van der Waals surface area contributed by atoms with Gasteiger partial charge in [0.05, 0.1) is 0 Å². The number of nitrogens with zero attached hydrogens (tertiary/aromatic N) is 3. The summed E-state index contributed by atoms with van der Waals surface area (Å²) in [5.74, 6) is 1.58. The molecule has 100 valence electrons. The van der Waals surface area contributed by atoms with Gasteiger partial charge in [0.25, 0.3) is 0 Å². The molecule has 2 N–H and O–H groups in total. The van der Waals surface area contributed by atoms with Crippen molar-refractivity contribution in [2.45, 2.75) is 38.8 Å². The van der Waals surface area contributed by atoms with Gasteiger partial charge in [-0.1, -0.05) is 0 Å². The molecule has 18 heavy (non-hydrogen) atoms. The van der Waals surface area contributed by atoms with Crippen molar-refractivity contribution in [1.82, 2.24) is 14.9 Å². The zero-order valence-electron chi connectivity index (χ0n) is 11.7. The summed E-state index contributed by atoms with van der Waals surface area (Å²) in [5, 5.41) is 6.38. The predicted octanol–water partition coefficient (Wildman–Crippen LogP) is 1.72. The van der Waals surface area contributed by atoms with Gasteiger partial charge >= 0.3 is 0 Å². The van der Waals surface area contributed by atoms with Gasteiger partial charge in [-0.2, -0.15) is 4.98 Å². The quantitative estimate of drug-likeness (QED) is 0.804. The zero-order chi connectivity index (χ0) is 13.1. The normalized spacial score (nSPS) is 16.7. The first-order valence-corrected chi connectivity index (χ1v) is 6.59. The molecule has 1 aromatic rings. The Balaban J connectivity index is 1.92. The molecule has 0 aromatic carbocycles. The number of anilines is 2. The summed E-state index contributed by atoms with van der Waals surface area (Å²) in [4.78, 5) is 11.1. The Morgan fingerprint density at radius 1 is 1.50 bits per heavy atom. The SMILES string of the molecule is CNc1ncc(C)c(NCC(C)N(C)C2CC2)n1. The minimum Gasteiger partial charge on any atom is -0.368 e. The molecule has 5 heteroatoms. The lowest BCUT2D eigenvalue weighted by Crippen LogP contribution is -2.36. The van der Waals surface area contributed by atoms with E-state index in [2.05, 4.69) is 39.5 Å². The second-order valence-electron chi connectivity index (χ2n) is 5.10. The molecule has 0 amide bonds. The molecule has 1 aliphatic rings. The molecular formula is C13H23N5. The highest BCUT2D eigenvalue weighted by Crippen LogP contribution is 2.27. The van der Waals surface area contributed by atoms with Gasteiger partial charge in [0.1, 0.15) is 5.82 Å². The van der Waals surface area contributed by atoms with Crippen molar-refractivity contribution in [3.63, 3.8) is 0 Å². The highest BCUT2D eigenvalue weighted by molar-refractivity contribution is 5.46. The van der Waals surface area contributed by atoms with Crippen molar-refractivity contribution in [2.24, 2.45) is 0 Å². The number of hydrogen-bond acceptors (Lipinski definition) is 5. The molecule has 1 fully saturated rings. The van der Waals surface area contributed by atoms with Crippen LogP contribution in [0.4, 0.5) is 11.8 Å². The van der Waals surface area contributed by atoms with E-state index in [1.165, 1.54) is 12.8 Å². The fourth-order valence-corrected chi connectivity index (χ4v) is 1.97. The lowest BCUT2D eigenvalue weighted by molar-refractivity contribution is 0.257. The fraction of sp³-hybridized carbons (Fsp3) is 0.692. The molecule has 0 aliphatic heterocycles. The van der Waals surface area contributed by atoms with E-state index in [4.69, 9.17) is 0 Å². The third kappa shape index (κ3) is 3.10. The van der Waals surface area contributed by atoms with Crippen molar-refractivity contribution >= 4 is 11.8 Å². The first-order valence-electron chi connectivity index (χ1n) is 6.59. The number of nitrogens with one attached hydrogen (secondary N) is 2. The second-order valence-corrected chi connectivity index (χ2v) is 5.10. The topological polar surface area (TPSA) is 53.1 Å². The number of likely N-dealkylation sites (N-methyl/N-ethyl adjacent to an activating group) is 1. The van der Waals surface area contributed by atoms with E-state index in [9.17, 15) is 0 Å². The molecule has 0 radical (unpaired) electrons. The predicted molar refractivity (Wildman–Crippen MR) is 75.1 cm³/mol. The van der Waals surface area contributed by atoms with Crippen LogP contribution in [0.3, 0.4) is 0 Å². The average Bonchev–Trinajstić information content (AvgIpc) is 3.20. The fourth-order valence-electron chi connectivity index (χ4n) is 1.97. The third-order valence-corrected chi connectivity index (χ3v) is 3.58. The molecule has 1 saturated carbocycles. The lowest BCUT2D eigenvalue weighted by Gasteiger charge is -2.25. The Hall–Kier alpha value is -1.36. The van der Waals surface area contributed by atoms with Crippen molar-refractivity contribution in [3.8, 4) is 0 Å². The van der Waals surface area contributed by atoms with Gasteiger partial charge in [0.15, 0.2) is 0 Å². The maximum atomic E-state index is 4.43. The Labute approximate surface area is 109 Å². The summed E-state index contributed by atoms with van der Waals surface area (Å²) in [7, 11) is 4.04. The Morgan fingerprint density at radius 2 is 2.22 bits per heavy atom. The van der Waals surface area contributed by atoms with Crippen LogP contribution in [0.15, 0.2) is 6.20 Å². The number of aryl methyl sites for hydroxylation is 1. The number of rotatable bonds is 6. The monoisotopic (exact) mass is 249 g/mol. The maximum absolute atomic E-state index is 4.43. The summed E-state index contributed by atoms with van der Waals surface area (Å²) < 4.78 is 0. The smallest absolute Gasteiger partial charge is 0.224 e.